The molecule has 8 nitrogen and oxygen atoms in total. The Hall–Kier alpha value is -5.12. The van der Waals surface area contributed by atoms with Crippen molar-refractivity contribution in [2.24, 2.45) is 0 Å². The normalized spacial score (nSPS) is 12.6. The number of halogens is 2. The van der Waals surface area contributed by atoms with E-state index in [9.17, 15) is 28.0 Å². The van der Waals surface area contributed by atoms with E-state index in [0.717, 1.165) is 10.6 Å². The first-order valence-corrected chi connectivity index (χ1v) is 12.2. The number of fused-ring (bicyclic) bond motifs is 1. The van der Waals surface area contributed by atoms with E-state index in [1.54, 1.807) is 60.9 Å². The van der Waals surface area contributed by atoms with E-state index in [0.29, 0.717) is 33.8 Å². The number of rotatable bonds is 8. The lowest BCUT2D eigenvalue weighted by Crippen LogP contribution is -2.29. The van der Waals surface area contributed by atoms with E-state index >= 15 is 0 Å². The summed E-state index contributed by atoms with van der Waals surface area (Å²) in [5.74, 6) is -2.05. The van der Waals surface area contributed by atoms with Gasteiger partial charge in [0.15, 0.2) is 6.61 Å². The van der Waals surface area contributed by atoms with Crippen LogP contribution in [-0.2, 0) is 4.74 Å². The Balaban J connectivity index is 1.24. The van der Waals surface area contributed by atoms with E-state index in [4.69, 9.17) is 4.74 Å². The lowest BCUT2D eigenvalue weighted by Gasteiger charge is -2.14. The molecule has 40 heavy (non-hydrogen) atoms. The van der Waals surface area contributed by atoms with Crippen LogP contribution >= 0.6 is 0 Å². The number of nitrogens with zero attached hydrogens (tertiary/aromatic N) is 2. The maximum absolute atomic E-state index is 12.9. The maximum Gasteiger partial charge on any atom is 0.387 e. The summed E-state index contributed by atoms with van der Waals surface area (Å²) < 4.78 is 36.2. The van der Waals surface area contributed by atoms with Crippen molar-refractivity contribution in [2.45, 2.75) is 20.5 Å². The van der Waals surface area contributed by atoms with E-state index in [-0.39, 0.29) is 11.3 Å². The highest BCUT2D eigenvalue weighted by molar-refractivity contribution is 6.34. The first-order chi connectivity index (χ1) is 19.2. The monoisotopic (exact) mass is 544 g/mol. The minimum Gasteiger partial charge on any atom is -0.454 e. The Bertz CT molecular complexity index is 1610. The third-order valence-electron chi connectivity index (χ3n) is 6.54. The molecule has 0 fully saturated rings. The summed E-state index contributed by atoms with van der Waals surface area (Å²) >= 11 is 0. The lowest BCUT2D eigenvalue weighted by atomic mass is 10.1. The van der Waals surface area contributed by atoms with Crippen LogP contribution in [0.4, 0.5) is 14.5 Å². The number of hydrogen-bond acceptors (Lipinski definition) is 6. The molecule has 10 heteroatoms. The number of alkyl halides is 2. The van der Waals surface area contributed by atoms with Crippen molar-refractivity contribution in [1.82, 2.24) is 4.57 Å². The average molecular weight is 545 g/mol. The Morgan fingerprint density at radius 2 is 1.40 bits per heavy atom. The van der Waals surface area contributed by atoms with Crippen LogP contribution in [0.5, 0.6) is 5.75 Å². The van der Waals surface area contributed by atoms with Gasteiger partial charge in [0.1, 0.15) is 5.75 Å². The van der Waals surface area contributed by atoms with Crippen LogP contribution in [0.3, 0.4) is 0 Å². The molecule has 0 bridgehead atoms. The van der Waals surface area contributed by atoms with Crippen LogP contribution in [0.25, 0.3) is 5.69 Å². The quantitative estimate of drug-likeness (QED) is 0.164. The molecule has 0 N–H and O–H groups in total. The van der Waals surface area contributed by atoms with E-state index < -0.39 is 36.8 Å². The molecule has 202 valence electrons. The smallest absolute Gasteiger partial charge is 0.387 e. The number of amides is 2. The highest BCUT2D eigenvalue weighted by Gasteiger charge is 2.36. The molecule has 0 aliphatic carbocycles. The van der Waals surface area contributed by atoms with Gasteiger partial charge in [-0.15, -0.1) is 0 Å². The highest BCUT2D eigenvalue weighted by atomic mass is 19.3. The van der Waals surface area contributed by atoms with Gasteiger partial charge in [0, 0.05) is 22.6 Å². The molecule has 2 heterocycles. The van der Waals surface area contributed by atoms with E-state index in [1.165, 1.54) is 36.4 Å². The number of aromatic nitrogens is 1. The molecule has 2 amide bonds. The fourth-order valence-corrected chi connectivity index (χ4v) is 4.68. The van der Waals surface area contributed by atoms with E-state index in [1.807, 2.05) is 0 Å². The molecular weight excluding hydrogens is 522 g/mol. The number of hydrogen-bond donors (Lipinski definition) is 0. The number of benzene rings is 3. The fraction of sp³-hybridized carbons (Fsp3) is 0.133. The fourth-order valence-electron chi connectivity index (χ4n) is 4.68. The molecule has 1 aliphatic heterocycles. The molecule has 0 saturated carbocycles. The zero-order valence-electron chi connectivity index (χ0n) is 21.4. The second-order valence-corrected chi connectivity index (χ2v) is 9.03. The van der Waals surface area contributed by atoms with Gasteiger partial charge in [0.05, 0.1) is 22.4 Å². The minimum atomic E-state index is -2.93. The Labute approximate surface area is 227 Å². The van der Waals surface area contributed by atoms with Crippen molar-refractivity contribution >= 4 is 29.3 Å². The van der Waals surface area contributed by atoms with Gasteiger partial charge in [-0.05, 0) is 80.6 Å². The zero-order chi connectivity index (χ0) is 28.6. The van der Waals surface area contributed by atoms with Crippen LogP contribution in [0, 0.1) is 13.8 Å². The van der Waals surface area contributed by atoms with E-state index in [2.05, 4.69) is 4.74 Å². The number of ketones is 1. The van der Waals surface area contributed by atoms with Gasteiger partial charge in [-0.1, -0.05) is 12.1 Å². The van der Waals surface area contributed by atoms with Gasteiger partial charge in [-0.2, -0.15) is 8.78 Å². The molecule has 0 unspecified atom stereocenters. The standard InChI is InChI=1S/C30H22F2N2O6/c1-17-15-25(18(2)33(17)20-11-13-22(14-12-20)40-30(31)32)26(35)16-39-29(38)19-7-9-21(10-8-19)34-27(36)23-5-3-4-6-24(23)28(34)37/h3-15,30H,16H2,1-2H3. The van der Waals surface area contributed by atoms with Gasteiger partial charge < -0.3 is 14.0 Å². The van der Waals surface area contributed by atoms with Gasteiger partial charge in [0.25, 0.3) is 11.8 Å². The Kier molecular flexibility index (Phi) is 7.00. The van der Waals surface area contributed by atoms with Crippen molar-refractivity contribution in [3.05, 3.63) is 113 Å². The maximum atomic E-state index is 12.9. The predicted molar refractivity (Wildman–Crippen MR) is 141 cm³/mol. The number of anilines is 1. The third-order valence-corrected chi connectivity index (χ3v) is 6.54. The molecule has 1 aromatic heterocycles. The van der Waals surface area contributed by atoms with Crippen LogP contribution in [0.1, 0.15) is 52.8 Å². The van der Waals surface area contributed by atoms with Gasteiger partial charge >= 0.3 is 12.6 Å². The topological polar surface area (TPSA) is 94.9 Å². The van der Waals surface area contributed by atoms with Crippen LogP contribution in [0.15, 0.2) is 78.9 Å². The number of aryl methyl sites for hydroxylation is 1. The number of ether oxygens (including phenoxy) is 2. The minimum absolute atomic E-state index is 0.0150. The second-order valence-electron chi connectivity index (χ2n) is 9.03. The molecule has 3 aromatic carbocycles. The average Bonchev–Trinajstić information content (AvgIpc) is 3.39. The third kappa shape index (κ3) is 4.86. The highest BCUT2D eigenvalue weighted by Crippen LogP contribution is 2.29. The van der Waals surface area contributed by atoms with Crippen molar-refractivity contribution in [2.75, 3.05) is 11.5 Å². The van der Waals surface area contributed by atoms with Crippen LogP contribution in [-0.4, -0.2) is 41.4 Å². The first kappa shape index (κ1) is 26.5. The van der Waals surface area contributed by atoms with Gasteiger partial charge in [0.2, 0.25) is 5.78 Å². The summed E-state index contributed by atoms with van der Waals surface area (Å²) in [7, 11) is 0. The zero-order valence-corrected chi connectivity index (χ0v) is 21.4. The molecule has 1 aliphatic rings. The summed E-state index contributed by atoms with van der Waals surface area (Å²) in [5.41, 5.74) is 3.37. The lowest BCUT2D eigenvalue weighted by molar-refractivity contribution is -0.0498. The molecule has 5 rings (SSSR count). The molecule has 0 radical (unpaired) electrons. The summed E-state index contributed by atoms with van der Waals surface area (Å²) in [6.45, 7) is 0.0747. The number of carbonyl (C=O) groups excluding carboxylic acids is 4. The Morgan fingerprint density at radius 1 is 0.825 bits per heavy atom. The number of carbonyl (C=O) groups is 4. The van der Waals surface area contributed by atoms with Crippen molar-refractivity contribution < 1.29 is 37.4 Å². The van der Waals surface area contributed by atoms with Gasteiger partial charge in [-0.25, -0.2) is 9.69 Å². The molecule has 0 spiro atoms. The van der Waals surface area contributed by atoms with Crippen molar-refractivity contribution in [3.8, 4) is 11.4 Å². The molecular formula is C30H22F2N2O6. The largest absolute Gasteiger partial charge is 0.454 e. The number of esters is 1. The molecule has 4 aromatic rings. The van der Waals surface area contributed by atoms with Crippen LogP contribution < -0.4 is 9.64 Å². The molecule has 0 saturated heterocycles. The number of imide groups is 1. The van der Waals surface area contributed by atoms with Crippen molar-refractivity contribution in [3.63, 3.8) is 0 Å². The summed E-state index contributed by atoms with van der Waals surface area (Å²) in [5, 5.41) is 0. The first-order valence-electron chi connectivity index (χ1n) is 12.2. The number of Topliss-reactive ketones (excluding diaryl/α,β-unsaturated/α-hetero) is 1. The van der Waals surface area contributed by atoms with Crippen molar-refractivity contribution in [1.29, 1.82) is 0 Å². The summed E-state index contributed by atoms with van der Waals surface area (Å²) in [6.07, 6.45) is 0. The van der Waals surface area contributed by atoms with Gasteiger partial charge in [-0.3, -0.25) is 14.4 Å². The SMILES string of the molecule is Cc1cc(C(=O)COC(=O)c2ccc(N3C(=O)c4ccccc4C3=O)cc2)c(C)n1-c1ccc(OC(F)F)cc1. The second kappa shape index (κ2) is 10.6. The van der Waals surface area contributed by atoms with Crippen LogP contribution in [0.2, 0.25) is 0 Å². The predicted octanol–water partition coefficient (Wildman–Crippen LogP) is 5.54. The summed E-state index contributed by atoms with van der Waals surface area (Å²) in [4.78, 5) is 51.9. The summed E-state index contributed by atoms with van der Waals surface area (Å²) in [6, 6.07) is 19.9. The Morgan fingerprint density at radius 3 is 1.98 bits per heavy atom. The molecule has 0 atom stereocenters.